The van der Waals surface area contributed by atoms with E-state index in [0.29, 0.717) is 11.7 Å². The highest BCUT2D eigenvalue weighted by molar-refractivity contribution is 7.80. The summed E-state index contributed by atoms with van der Waals surface area (Å²) in [4.78, 5) is 0. The van der Waals surface area contributed by atoms with Crippen molar-refractivity contribution in [3.63, 3.8) is 0 Å². The monoisotopic (exact) mass is 299 g/mol. The number of hydrogen-bond acceptors (Lipinski definition) is 2. The number of aryl methyl sites for hydroxylation is 1. The lowest BCUT2D eigenvalue weighted by atomic mass is 10.1. The molecule has 21 heavy (non-hydrogen) atoms. The second kappa shape index (κ2) is 7.76. The molecule has 4 N–H and O–H groups in total. The zero-order chi connectivity index (χ0) is 15.1. The van der Waals surface area contributed by atoms with E-state index in [9.17, 15) is 0 Å². The SMILES string of the molecule is CCc1ccc(NC(=S)Nc2ccc(CCN)cc2)cc1. The number of anilines is 2. The molecule has 4 heteroatoms. The van der Waals surface area contributed by atoms with E-state index in [1.165, 1.54) is 11.1 Å². The Kier molecular flexibility index (Phi) is 5.72. The minimum absolute atomic E-state index is 0.589. The molecule has 0 aromatic heterocycles. The van der Waals surface area contributed by atoms with Crippen LogP contribution in [0.5, 0.6) is 0 Å². The van der Waals surface area contributed by atoms with Gasteiger partial charge < -0.3 is 16.4 Å². The van der Waals surface area contributed by atoms with Crippen molar-refractivity contribution in [3.8, 4) is 0 Å². The molecule has 0 aliphatic carbocycles. The zero-order valence-corrected chi connectivity index (χ0v) is 13.0. The van der Waals surface area contributed by atoms with Gasteiger partial charge in [-0.1, -0.05) is 31.2 Å². The first-order valence-corrected chi connectivity index (χ1v) is 7.58. The molecule has 0 radical (unpaired) electrons. The first kappa shape index (κ1) is 15.5. The molecule has 0 fully saturated rings. The van der Waals surface area contributed by atoms with Crippen molar-refractivity contribution < 1.29 is 0 Å². The smallest absolute Gasteiger partial charge is 0.175 e. The first-order valence-electron chi connectivity index (χ1n) is 7.17. The molecule has 0 bridgehead atoms. The van der Waals surface area contributed by atoms with E-state index in [-0.39, 0.29) is 0 Å². The average Bonchev–Trinajstić information content (AvgIpc) is 2.50. The van der Waals surface area contributed by atoms with Gasteiger partial charge in [0.1, 0.15) is 0 Å². The van der Waals surface area contributed by atoms with Gasteiger partial charge in [0.25, 0.3) is 0 Å². The van der Waals surface area contributed by atoms with Crippen LogP contribution < -0.4 is 16.4 Å². The molecule has 0 saturated heterocycles. The Balaban J connectivity index is 1.91. The molecule has 2 aromatic carbocycles. The van der Waals surface area contributed by atoms with E-state index in [0.717, 1.165) is 24.2 Å². The van der Waals surface area contributed by atoms with Crippen molar-refractivity contribution in [1.82, 2.24) is 0 Å². The molecular weight excluding hydrogens is 278 g/mol. The van der Waals surface area contributed by atoms with Gasteiger partial charge in [-0.25, -0.2) is 0 Å². The van der Waals surface area contributed by atoms with Crippen LogP contribution in [0.25, 0.3) is 0 Å². The largest absolute Gasteiger partial charge is 0.332 e. The third-order valence-corrected chi connectivity index (χ3v) is 3.47. The number of benzene rings is 2. The molecule has 2 aromatic rings. The quantitative estimate of drug-likeness (QED) is 0.739. The molecule has 0 unspecified atom stereocenters. The average molecular weight is 299 g/mol. The standard InChI is InChI=1S/C17H21N3S/c1-2-13-3-7-15(8-4-13)19-17(21)20-16-9-5-14(6-10-16)11-12-18/h3-10H,2,11-12,18H2,1H3,(H2,19,20,21). The predicted octanol–water partition coefficient (Wildman–Crippen LogP) is 3.56. The number of nitrogens with two attached hydrogens (primary N) is 1. The van der Waals surface area contributed by atoms with Crippen LogP contribution in [-0.2, 0) is 12.8 Å². The molecule has 2 rings (SSSR count). The normalized spacial score (nSPS) is 10.2. The summed E-state index contributed by atoms with van der Waals surface area (Å²) in [6.45, 7) is 2.81. The Morgan fingerprint density at radius 3 is 1.81 bits per heavy atom. The summed E-state index contributed by atoms with van der Waals surface area (Å²) in [5, 5.41) is 6.95. The van der Waals surface area contributed by atoms with E-state index < -0.39 is 0 Å². The number of thiocarbonyl (C=S) groups is 1. The molecular formula is C17H21N3S. The topological polar surface area (TPSA) is 50.1 Å². The molecule has 3 nitrogen and oxygen atoms in total. The third-order valence-electron chi connectivity index (χ3n) is 3.26. The van der Waals surface area contributed by atoms with Crippen molar-refractivity contribution in [2.24, 2.45) is 5.73 Å². The number of rotatable bonds is 5. The van der Waals surface area contributed by atoms with Crippen molar-refractivity contribution in [2.75, 3.05) is 17.2 Å². The van der Waals surface area contributed by atoms with E-state index in [1.54, 1.807) is 0 Å². The van der Waals surface area contributed by atoms with E-state index >= 15 is 0 Å². The van der Waals surface area contributed by atoms with Crippen LogP contribution in [0.2, 0.25) is 0 Å². The van der Waals surface area contributed by atoms with Gasteiger partial charge in [-0.2, -0.15) is 0 Å². The lowest BCUT2D eigenvalue weighted by Crippen LogP contribution is -2.19. The van der Waals surface area contributed by atoms with Gasteiger partial charge in [0.05, 0.1) is 0 Å². The van der Waals surface area contributed by atoms with Crippen LogP contribution in [0.3, 0.4) is 0 Å². The van der Waals surface area contributed by atoms with E-state index in [2.05, 4.69) is 41.8 Å². The summed E-state index contributed by atoms with van der Waals surface area (Å²) in [6.07, 6.45) is 1.94. The molecule has 0 aliphatic rings. The van der Waals surface area contributed by atoms with Crippen LogP contribution in [0.4, 0.5) is 11.4 Å². The van der Waals surface area contributed by atoms with Crippen LogP contribution >= 0.6 is 12.2 Å². The summed E-state index contributed by atoms with van der Waals surface area (Å²) in [6, 6.07) is 16.4. The third kappa shape index (κ3) is 4.85. The van der Waals surface area contributed by atoms with Crippen LogP contribution in [0, 0.1) is 0 Å². The van der Waals surface area contributed by atoms with Crippen molar-refractivity contribution in [1.29, 1.82) is 0 Å². The fourth-order valence-electron chi connectivity index (χ4n) is 2.04. The lowest BCUT2D eigenvalue weighted by molar-refractivity contribution is 0.969. The van der Waals surface area contributed by atoms with Gasteiger partial charge in [0, 0.05) is 11.4 Å². The molecule has 0 amide bonds. The fourth-order valence-corrected chi connectivity index (χ4v) is 2.27. The van der Waals surface area contributed by atoms with Gasteiger partial charge >= 0.3 is 0 Å². The van der Waals surface area contributed by atoms with Gasteiger partial charge in [-0.15, -0.1) is 0 Å². The minimum atomic E-state index is 0.589. The predicted molar refractivity (Wildman–Crippen MR) is 94.9 cm³/mol. The Hall–Kier alpha value is -1.91. The molecule has 0 heterocycles. The van der Waals surface area contributed by atoms with Crippen molar-refractivity contribution in [2.45, 2.75) is 19.8 Å². The molecule has 0 aliphatic heterocycles. The van der Waals surface area contributed by atoms with Crippen molar-refractivity contribution in [3.05, 3.63) is 59.7 Å². The summed E-state index contributed by atoms with van der Waals surface area (Å²) in [5.74, 6) is 0. The van der Waals surface area contributed by atoms with Gasteiger partial charge in [0.2, 0.25) is 0 Å². The first-order chi connectivity index (χ1) is 10.2. The highest BCUT2D eigenvalue weighted by Gasteiger charge is 2.00. The van der Waals surface area contributed by atoms with E-state index in [1.807, 2.05) is 24.3 Å². The van der Waals surface area contributed by atoms with Gasteiger partial charge in [0.15, 0.2) is 5.11 Å². The van der Waals surface area contributed by atoms with Gasteiger partial charge in [-0.3, -0.25) is 0 Å². The fraction of sp³-hybridized carbons (Fsp3) is 0.235. The Morgan fingerprint density at radius 2 is 1.38 bits per heavy atom. The van der Waals surface area contributed by atoms with E-state index in [4.69, 9.17) is 18.0 Å². The second-order valence-corrected chi connectivity index (χ2v) is 5.27. The van der Waals surface area contributed by atoms with Crippen LogP contribution in [0.15, 0.2) is 48.5 Å². The van der Waals surface area contributed by atoms with Crippen LogP contribution in [-0.4, -0.2) is 11.7 Å². The summed E-state index contributed by atoms with van der Waals surface area (Å²) < 4.78 is 0. The Bertz CT molecular complexity index is 576. The van der Waals surface area contributed by atoms with Crippen molar-refractivity contribution >= 4 is 28.7 Å². The maximum absolute atomic E-state index is 5.54. The highest BCUT2D eigenvalue weighted by Crippen LogP contribution is 2.13. The Morgan fingerprint density at radius 1 is 0.905 bits per heavy atom. The maximum Gasteiger partial charge on any atom is 0.175 e. The zero-order valence-electron chi connectivity index (χ0n) is 12.2. The highest BCUT2D eigenvalue weighted by atomic mass is 32.1. The summed E-state index contributed by atoms with van der Waals surface area (Å²) >= 11 is 5.32. The Labute approximate surface area is 131 Å². The number of nitrogens with one attached hydrogen (secondary N) is 2. The molecule has 0 saturated carbocycles. The summed E-state index contributed by atoms with van der Waals surface area (Å²) in [7, 11) is 0. The lowest BCUT2D eigenvalue weighted by Gasteiger charge is -2.11. The molecule has 0 atom stereocenters. The minimum Gasteiger partial charge on any atom is -0.332 e. The molecule has 110 valence electrons. The second-order valence-electron chi connectivity index (χ2n) is 4.87. The maximum atomic E-state index is 5.54. The molecule has 0 spiro atoms. The van der Waals surface area contributed by atoms with Crippen LogP contribution in [0.1, 0.15) is 18.1 Å². The summed E-state index contributed by atoms with van der Waals surface area (Å²) in [5.41, 5.74) is 10.0. The number of hydrogen-bond donors (Lipinski definition) is 3. The van der Waals surface area contributed by atoms with Gasteiger partial charge in [-0.05, 0) is 67.0 Å².